The molecule has 0 fully saturated rings. The molecule has 0 aliphatic carbocycles. The van der Waals surface area contributed by atoms with Gasteiger partial charge in [0.05, 0.1) is 15.2 Å². The van der Waals surface area contributed by atoms with Crippen LogP contribution in [0.1, 0.15) is 21.1 Å². The van der Waals surface area contributed by atoms with Gasteiger partial charge in [0, 0.05) is 27.1 Å². The van der Waals surface area contributed by atoms with Crippen molar-refractivity contribution >= 4 is 38.8 Å². The van der Waals surface area contributed by atoms with E-state index >= 15 is 0 Å². The molecular weight excluding hydrogens is 384 g/mol. The third-order valence-corrected chi connectivity index (χ3v) is 5.49. The van der Waals surface area contributed by atoms with E-state index in [-0.39, 0.29) is 11.6 Å². The van der Waals surface area contributed by atoms with Crippen LogP contribution in [-0.4, -0.2) is 59.2 Å². The van der Waals surface area contributed by atoms with Crippen molar-refractivity contribution in [3.8, 4) is 0 Å². The number of rotatable bonds is 5. The maximum Gasteiger partial charge on any atom is 0.306 e. The summed E-state index contributed by atoms with van der Waals surface area (Å²) in [6.07, 6.45) is 4.61. The lowest BCUT2D eigenvalue weighted by molar-refractivity contribution is -0.385. The maximum atomic E-state index is 12.4. The minimum atomic E-state index is -0.485. The smallest absolute Gasteiger partial charge is 0.306 e. The highest BCUT2D eigenvalue weighted by atomic mass is 32.1. The minimum Gasteiger partial charge on any atom is -0.344 e. The summed E-state index contributed by atoms with van der Waals surface area (Å²) in [5.41, 5.74) is 1.41. The van der Waals surface area contributed by atoms with Crippen molar-refractivity contribution in [3.05, 3.63) is 45.1 Å². The summed E-state index contributed by atoms with van der Waals surface area (Å²) in [5, 5.41) is 20.0. The fourth-order valence-electron chi connectivity index (χ4n) is 2.87. The molecule has 4 heterocycles. The summed E-state index contributed by atoms with van der Waals surface area (Å²) in [5.74, 6) is 0.497. The standard InChI is InChI=1S/C16H16N8O3S/c1-9-12-14-19-11(4-5-22-7-10(6-18-22)24(26)27)20-23(14)8-17-15(12)28-13(9)16(25)21(2)3/h6-8H,4-5H2,1-3H3. The van der Waals surface area contributed by atoms with Crippen LogP contribution in [0.4, 0.5) is 5.69 Å². The molecule has 0 atom stereocenters. The van der Waals surface area contributed by atoms with Crippen LogP contribution in [0, 0.1) is 17.0 Å². The fraction of sp³-hybridized carbons (Fsp3) is 0.312. The summed E-state index contributed by atoms with van der Waals surface area (Å²) in [6, 6.07) is 0. The second-order valence-electron chi connectivity index (χ2n) is 6.45. The normalized spacial score (nSPS) is 11.4. The number of nitrogens with zero attached hydrogens (tertiary/aromatic N) is 8. The number of carbonyl (C=O) groups excluding carboxylic acids is 1. The summed E-state index contributed by atoms with van der Waals surface area (Å²) in [4.78, 5) is 34.6. The van der Waals surface area contributed by atoms with Crippen LogP contribution in [0.25, 0.3) is 15.9 Å². The second-order valence-corrected chi connectivity index (χ2v) is 7.44. The number of nitro groups is 1. The molecule has 12 heteroatoms. The zero-order valence-corrected chi connectivity index (χ0v) is 16.2. The molecule has 0 aliphatic rings. The van der Waals surface area contributed by atoms with Gasteiger partial charge in [0.1, 0.15) is 23.6 Å². The average Bonchev–Trinajstić information content (AvgIpc) is 3.35. The highest BCUT2D eigenvalue weighted by Crippen LogP contribution is 2.32. The van der Waals surface area contributed by atoms with Gasteiger partial charge < -0.3 is 4.90 Å². The number of hydrogen-bond acceptors (Lipinski definition) is 8. The maximum absolute atomic E-state index is 12.4. The number of fused-ring (bicyclic) bond motifs is 3. The van der Waals surface area contributed by atoms with Crippen molar-refractivity contribution in [2.45, 2.75) is 19.9 Å². The molecule has 4 rings (SSSR count). The number of aryl methyl sites for hydroxylation is 3. The SMILES string of the molecule is Cc1c(C(=O)N(C)C)sc2ncn3nc(CCn4cc([N+](=O)[O-])cn4)nc3c12. The van der Waals surface area contributed by atoms with Gasteiger partial charge >= 0.3 is 5.69 Å². The third kappa shape index (κ3) is 2.97. The summed E-state index contributed by atoms with van der Waals surface area (Å²) in [6.45, 7) is 2.29. The van der Waals surface area contributed by atoms with Crippen molar-refractivity contribution in [3.63, 3.8) is 0 Å². The number of aromatic nitrogens is 6. The Hall–Kier alpha value is -3.41. The molecule has 0 saturated carbocycles. The summed E-state index contributed by atoms with van der Waals surface area (Å²) in [7, 11) is 3.42. The molecule has 0 radical (unpaired) electrons. The Morgan fingerprint density at radius 3 is 2.86 bits per heavy atom. The lowest BCUT2D eigenvalue weighted by Crippen LogP contribution is -2.21. The topological polar surface area (TPSA) is 124 Å². The summed E-state index contributed by atoms with van der Waals surface area (Å²) >= 11 is 1.34. The van der Waals surface area contributed by atoms with Gasteiger partial charge in [0.15, 0.2) is 11.5 Å². The zero-order chi connectivity index (χ0) is 20.0. The zero-order valence-electron chi connectivity index (χ0n) is 15.4. The van der Waals surface area contributed by atoms with Crippen LogP contribution in [0.3, 0.4) is 0 Å². The number of hydrogen-bond donors (Lipinski definition) is 0. The largest absolute Gasteiger partial charge is 0.344 e. The molecule has 0 bridgehead atoms. The molecule has 0 unspecified atom stereocenters. The molecule has 4 aromatic rings. The van der Waals surface area contributed by atoms with Crippen molar-refractivity contribution < 1.29 is 9.72 Å². The van der Waals surface area contributed by atoms with E-state index in [9.17, 15) is 14.9 Å². The van der Waals surface area contributed by atoms with Gasteiger partial charge in [-0.05, 0) is 12.5 Å². The van der Waals surface area contributed by atoms with Crippen LogP contribution in [0.5, 0.6) is 0 Å². The molecule has 0 spiro atoms. The highest BCUT2D eigenvalue weighted by Gasteiger charge is 2.21. The first-order chi connectivity index (χ1) is 13.3. The van der Waals surface area contributed by atoms with E-state index in [1.807, 2.05) is 6.92 Å². The predicted octanol–water partition coefficient (Wildman–Crippen LogP) is 1.70. The van der Waals surface area contributed by atoms with E-state index in [2.05, 4.69) is 20.2 Å². The van der Waals surface area contributed by atoms with E-state index in [0.29, 0.717) is 29.3 Å². The van der Waals surface area contributed by atoms with Gasteiger partial charge in [0.2, 0.25) is 0 Å². The molecule has 4 aromatic heterocycles. The Bertz CT molecular complexity index is 1220. The number of thiophene rings is 1. The average molecular weight is 400 g/mol. The molecular formula is C16H16N8O3S. The highest BCUT2D eigenvalue weighted by molar-refractivity contribution is 7.20. The second kappa shape index (κ2) is 6.64. The van der Waals surface area contributed by atoms with Gasteiger partial charge in [-0.3, -0.25) is 19.6 Å². The van der Waals surface area contributed by atoms with Gasteiger partial charge in [0.25, 0.3) is 5.91 Å². The van der Waals surface area contributed by atoms with E-state index in [0.717, 1.165) is 15.8 Å². The number of carbonyl (C=O) groups is 1. The molecule has 11 nitrogen and oxygen atoms in total. The monoisotopic (exact) mass is 400 g/mol. The van der Waals surface area contributed by atoms with E-state index in [4.69, 9.17) is 0 Å². The first-order valence-corrected chi connectivity index (χ1v) is 9.18. The Balaban J connectivity index is 1.67. The van der Waals surface area contributed by atoms with Crippen LogP contribution in [0.2, 0.25) is 0 Å². The fourth-order valence-corrected chi connectivity index (χ4v) is 4.04. The lowest BCUT2D eigenvalue weighted by Gasteiger charge is -2.08. The van der Waals surface area contributed by atoms with E-state index in [1.165, 1.54) is 33.3 Å². The van der Waals surface area contributed by atoms with Crippen molar-refractivity contribution in [1.82, 2.24) is 34.3 Å². The van der Waals surface area contributed by atoms with Crippen LogP contribution in [-0.2, 0) is 13.0 Å². The first-order valence-electron chi connectivity index (χ1n) is 8.37. The van der Waals surface area contributed by atoms with Gasteiger partial charge in [-0.2, -0.15) is 5.10 Å². The van der Waals surface area contributed by atoms with Gasteiger partial charge in [-0.25, -0.2) is 14.5 Å². The summed E-state index contributed by atoms with van der Waals surface area (Å²) < 4.78 is 3.08. The molecule has 0 aromatic carbocycles. The Kier molecular flexibility index (Phi) is 4.26. The Morgan fingerprint density at radius 2 is 2.18 bits per heavy atom. The van der Waals surface area contributed by atoms with Crippen molar-refractivity contribution in [1.29, 1.82) is 0 Å². The molecule has 144 valence electrons. The van der Waals surface area contributed by atoms with E-state index < -0.39 is 4.92 Å². The molecule has 0 aliphatic heterocycles. The quantitative estimate of drug-likeness (QED) is 0.369. The van der Waals surface area contributed by atoms with Crippen molar-refractivity contribution in [2.24, 2.45) is 0 Å². The molecule has 1 amide bonds. The van der Waals surface area contributed by atoms with Crippen LogP contribution >= 0.6 is 11.3 Å². The molecule has 28 heavy (non-hydrogen) atoms. The Morgan fingerprint density at radius 1 is 1.39 bits per heavy atom. The number of amides is 1. The first kappa shape index (κ1) is 18.0. The molecule has 0 N–H and O–H groups in total. The third-order valence-electron chi connectivity index (χ3n) is 4.31. The minimum absolute atomic E-state index is 0.0548. The Labute approximate surface area is 162 Å². The van der Waals surface area contributed by atoms with Gasteiger partial charge in [-0.1, -0.05) is 0 Å². The predicted molar refractivity (Wildman–Crippen MR) is 102 cm³/mol. The van der Waals surface area contributed by atoms with Crippen molar-refractivity contribution in [2.75, 3.05) is 14.1 Å². The van der Waals surface area contributed by atoms with Crippen LogP contribution in [0.15, 0.2) is 18.7 Å². The van der Waals surface area contributed by atoms with Gasteiger partial charge in [-0.15, -0.1) is 16.4 Å². The van der Waals surface area contributed by atoms with Crippen LogP contribution < -0.4 is 0 Å². The van der Waals surface area contributed by atoms with E-state index in [1.54, 1.807) is 24.9 Å². The lowest BCUT2D eigenvalue weighted by atomic mass is 10.2. The molecule has 0 saturated heterocycles.